The lowest BCUT2D eigenvalue weighted by Crippen LogP contribution is -2.44. The largest absolute Gasteiger partial charge is 0.481 e. The number of carbonyl (C=O) groups is 2. The smallest absolute Gasteiger partial charge is 0.303 e. The monoisotopic (exact) mass is 315 g/mol. The number of benzene rings is 1. The van der Waals surface area contributed by atoms with Gasteiger partial charge in [0.1, 0.15) is 0 Å². The lowest BCUT2D eigenvalue weighted by atomic mass is 9.93. The molecule has 4 heteroatoms. The number of likely N-dealkylation sites (tertiary alicyclic amines) is 1. The average Bonchev–Trinajstić information content (AvgIpc) is 2.58. The first-order valence-electron chi connectivity index (χ1n) is 8.30. The van der Waals surface area contributed by atoms with Crippen molar-refractivity contribution >= 4 is 11.9 Å². The summed E-state index contributed by atoms with van der Waals surface area (Å²) < 4.78 is 0. The van der Waals surface area contributed by atoms with Crippen molar-refractivity contribution in [3.8, 4) is 0 Å². The van der Waals surface area contributed by atoms with Crippen LogP contribution in [0.2, 0.25) is 0 Å². The number of hydrogen-bond acceptors (Lipinski definition) is 2. The summed E-state index contributed by atoms with van der Waals surface area (Å²) in [6, 6.07) is 9.97. The fraction of sp³-hybridized carbons (Fsp3) is 0.474. The van der Waals surface area contributed by atoms with Crippen LogP contribution in [0.4, 0.5) is 0 Å². The molecular formula is C19H25NO3. The van der Waals surface area contributed by atoms with E-state index in [1.165, 1.54) is 0 Å². The topological polar surface area (TPSA) is 57.6 Å². The van der Waals surface area contributed by atoms with Crippen LogP contribution >= 0.6 is 0 Å². The van der Waals surface area contributed by atoms with E-state index in [0.29, 0.717) is 12.8 Å². The van der Waals surface area contributed by atoms with Crippen LogP contribution in [0.5, 0.6) is 0 Å². The van der Waals surface area contributed by atoms with Crippen molar-refractivity contribution in [3.63, 3.8) is 0 Å². The van der Waals surface area contributed by atoms with Crippen LogP contribution in [-0.4, -0.2) is 34.5 Å². The highest BCUT2D eigenvalue weighted by Crippen LogP contribution is 2.26. The van der Waals surface area contributed by atoms with Crippen LogP contribution in [0.25, 0.3) is 0 Å². The summed E-state index contributed by atoms with van der Waals surface area (Å²) in [5.74, 6) is -0.684. The third-order valence-corrected chi connectivity index (χ3v) is 4.55. The van der Waals surface area contributed by atoms with Gasteiger partial charge < -0.3 is 10.0 Å². The van der Waals surface area contributed by atoms with E-state index in [-0.39, 0.29) is 24.3 Å². The summed E-state index contributed by atoms with van der Waals surface area (Å²) in [5, 5.41) is 8.88. The first-order valence-corrected chi connectivity index (χ1v) is 8.30. The third-order valence-electron chi connectivity index (χ3n) is 4.55. The van der Waals surface area contributed by atoms with Crippen molar-refractivity contribution in [2.75, 3.05) is 6.54 Å². The number of piperidine rings is 1. The second-order valence-electron chi connectivity index (χ2n) is 6.13. The Morgan fingerprint density at radius 2 is 2.04 bits per heavy atom. The number of hydrogen-bond donors (Lipinski definition) is 1. The fourth-order valence-corrected chi connectivity index (χ4v) is 3.26. The van der Waals surface area contributed by atoms with E-state index in [0.717, 1.165) is 31.4 Å². The van der Waals surface area contributed by atoms with Gasteiger partial charge in [-0.1, -0.05) is 36.4 Å². The Balaban J connectivity index is 2.01. The molecule has 1 amide bonds. The van der Waals surface area contributed by atoms with Gasteiger partial charge in [-0.05, 0) is 31.2 Å². The van der Waals surface area contributed by atoms with Gasteiger partial charge in [-0.25, -0.2) is 0 Å². The maximum atomic E-state index is 12.7. The normalized spacial score (nSPS) is 19.1. The molecule has 4 nitrogen and oxygen atoms in total. The molecule has 1 aliphatic rings. The maximum absolute atomic E-state index is 12.7. The minimum atomic E-state index is -0.795. The molecule has 0 spiro atoms. The summed E-state index contributed by atoms with van der Waals surface area (Å²) >= 11 is 0. The minimum Gasteiger partial charge on any atom is -0.481 e. The number of carboxylic acid groups (broad SMARTS) is 1. The van der Waals surface area contributed by atoms with Crippen LogP contribution in [0.15, 0.2) is 43.0 Å². The summed E-state index contributed by atoms with van der Waals surface area (Å²) in [5.41, 5.74) is 1.09. The zero-order valence-electron chi connectivity index (χ0n) is 13.5. The molecule has 124 valence electrons. The maximum Gasteiger partial charge on any atom is 0.303 e. The molecule has 23 heavy (non-hydrogen) atoms. The Hall–Kier alpha value is -2.10. The molecule has 0 radical (unpaired) electrons. The molecule has 1 aromatic carbocycles. The molecule has 2 atom stereocenters. The molecule has 1 saturated heterocycles. The van der Waals surface area contributed by atoms with Gasteiger partial charge >= 0.3 is 5.97 Å². The highest BCUT2D eigenvalue weighted by molar-refractivity contribution is 5.78. The number of rotatable bonds is 7. The van der Waals surface area contributed by atoms with Gasteiger partial charge in [0.05, 0.1) is 0 Å². The van der Waals surface area contributed by atoms with Crippen LogP contribution in [0, 0.1) is 0 Å². The number of amides is 1. The molecule has 1 heterocycles. The van der Waals surface area contributed by atoms with Crippen molar-refractivity contribution < 1.29 is 14.7 Å². The van der Waals surface area contributed by atoms with Gasteiger partial charge in [0.25, 0.3) is 0 Å². The number of aliphatic carboxylic acids is 1. The van der Waals surface area contributed by atoms with Gasteiger partial charge in [-0.15, -0.1) is 6.58 Å². The molecule has 1 N–H and O–H groups in total. The number of carbonyl (C=O) groups excluding carboxylic acids is 1. The fourth-order valence-electron chi connectivity index (χ4n) is 3.26. The number of carboxylic acids is 1. The van der Waals surface area contributed by atoms with Crippen LogP contribution in [0.1, 0.15) is 50.0 Å². The van der Waals surface area contributed by atoms with Crippen molar-refractivity contribution in [3.05, 3.63) is 48.6 Å². The van der Waals surface area contributed by atoms with E-state index in [4.69, 9.17) is 5.11 Å². The second-order valence-corrected chi connectivity index (χ2v) is 6.13. The van der Waals surface area contributed by atoms with E-state index in [1.54, 1.807) is 0 Å². The second kappa shape index (κ2) is 8.51. The van der Waals surface area contributed by atoms with E-state index in [9.17, 15) is 9.59 Å². The zero-order valence-corrected chi connectivity index (χ0v) is 13.5. The molecule has 2 rings (SSSR count). The Morgan fingerprint density at radius 1 is 1.30 bits per heavy atom. The quantitative estimate of drug-likeness (QED) is 0.782. The van der Waals surface area contributed by atoms with Crippen molar-refractivity contribution in [2.45, 2.75) is 50.5 Å². The van der Waals surface area contributed by atoms with E-state index >= 15 is 0 Å². The molecule has 1 fully saturated rings. The first kappa shape index (κ1) is 17.3. The predicted octanol–water partition coefficient (Wildman–Crippen LogP) is 3.59. The Bertz CT molecular complexity index is 541. The molecule has 0 saturated carbocycles. The van der Waals surface area contributed by atoms with E-state index in [2.05, 4.69) is 6.58 Å². The van der Waals surface area contributed by atoms with Crippen LogP contribution in [-0.2, 0) is 9.59 Å². The van der Waals surface area contributed by atoms with Crippen LogP contribution in [0.3, 0.4) is 0 Å². The summed E-state index contributed by atoms with van der Waals surface area (Å²) in [6.45, 7) is 4.60. The standard InChI is InChI=1S/C19H25NO3/c1-2-15(16-8-4-3-5-9-16)14-18(21)20-13-7-6-10-17(20)11-12-19(22)23/h2-5,8-9,15,17H,1,6-7,10-14H2,(H,22,23). The first-order chi connectivity index (χ1) is 11.1. The van der Waals surface area contributed by atoms with Gasteiger partial charge in [-0.2, -0.15) is 0 Å². The number of nitrogens with zero attached hydrogens (tertiary/aromatic N) is 1. The Kier molecular flexibility index (Phi) is 6.39. The highest BCUT2D eigenvalue weighted by atomic mass is 16.4. The minimum absolute atomic E-state index is 0.00532. The molecule has 2 unspecified atom stereocenters. The van der Waals surface area contributed by atoms with Gasteiger partial charge in [0, 0.05) is 31.3 Å². The molecule has 1 aliphatic heterocycles. The van der Waals surface area contributed by atoms with Crippen molar-refractivity contribution in [1.82, 2.24) is 4.90 Å². The zero-order chi connectivity index (χ0) is 16.7. The lowest BCUT2D eigenvalue weighted by molar-refractivity contribution is -0.140. The summed E-state index contributed by atoms with van der Waals surface area (Å²) in [7, 11) is 0. The Labute approximate surface area is 137 Å². The lowest BCUT2D eigenvalue weighted by Gasteiger charge is -2.36. The van der Waals surface area contributed by atoms with Crippen molar-refractivity contribution in [1.29, 1.82) is 0 Å². The number of allylic oxidation sites excluding steroid dienone is 1. The summed E-state index contributed by atoms with van der Waals surface area (Å²) in [4.78, 5) is 25.4. The average molecular weight is 315 g/mol. The van der Waals surface area contributed by atoms with E-state index < -0.39 is 5.97 Å². The SMILES string of the molecule is C=CC(CC(=O)N1CCCCC1CCC(=O)O)c1ccccc1. The molecule has 0 aliphatic carbocycles. The molecular weight excluding hydrogens is 290 g/mol. The van der Waals surface area contributed by atoms with Crippen LogP contribution < -0.4 is 0 Å². The third kappa shape index (κ3) is 4.95. The highest BCUT2D eigenvalue weighted by Gasteiger charge is 2.28. The Morgan fingerprint density at radius 3 is 2.70 bits per heavy atom. The van der Waals surface area contributed by atoms with E-state index in [1.807, 2.05) is 41.3 Å². The molecule has 0 bridgehead atoms. The van der Waals surface area contributed by atoms with Crippen molar-refractivity contribution in [2.24, 2.45) is 0 Å². The van der Waals surface area contributed by atoms with Gasteiger partial charge in [0.15, 0.2) is 0 Å². The van der Waals surface area contributed by atoms with Gasteiger partial charge in [0.2, 0.25) is 5.91 Å². The predicted molar refractivity (Wildman–Crippen MR) is 90.2 cm³/mol. The van der Waals surface area contributed by atoms with Gasteiger partial charge in [-0.3, -0.25) is 9.59 Å². The molecule has 1 aromatic rings. The summed E-state index contributed by atoms with van der Waals surface area (Å²) in [6.07, 6.45) is 5.86. The molecule has 0 aromatic heterocycles.